The second-order valence-corrected chi connectivity index (χ2v) is 7.23. The van der Waals surface area contributed by atoms with Gasteiger partial charge in [0.1, 0.15) is 0 Å². The van der Waals surface area contributed by atoms with Crippen molar-refractivity contribution in [1.29, 1.82) is 0 Å². The maximum absolute atomic E-state index is 5.52. The van der Waals surface area contributed by atoms with Crippen LogP contribution in [0.5, 0.6) is 0 Å². The van der Waals surface area contributed by atoms with E-state index in [0.29, 0.717) is 98.4 Å². The fraction of sp³-hybridized carbons (Fsp3) is 1.00. The molecule has 0 rings (SSSR count). The number of rotatable bonds is 27. The van der Waals surface area contributed by atoms with Crippen molar-refractivity contribution in [3.63, 3.8) is 0 Å². The summed E-state index contributed by atoms with van der Waals surface area (Å²) in [7, 11) is 0. The minimum atomic E-state index is 0.550. The molecule has 0 aliphatic heterocycles. The molecule has 8 heteroatoms. The van der Waals surface area contributed by atoms with Crippen LogP contribution in [0.1, 0.15) is 40.0 Å². The molecule has 0 bridgehead atoms. The molecule has 0 amide bonds. The van der Waals surface area contributed by atoms with Crippen molar-refractivity contribution in [2.45, 2.75) is 40.0 Å². The van der Waals surface area contributed by atoms with Gasteiger partial charge in [0.2, 0.25) is 0 Å². The second-order valence-electron chi connectivity index (χ2n) is 7.23. The van der Waals surface area contributed by atoms with Crippen LogP contribution in [-0.2, 0) is 37.9 Å². The highest BCUT2D eigenvalue weighted by atomic mass is 16.6. The van der Waals surface area contributed by atoms with E-state index in [1.165, 1.54) is 0 Å². The largest absolute Gasteiger partial charge is 0.379 e. The predicted molar refractivity (Wildman–Crippen MR) is 121 cm³/mol. The molecule has 31 heavy (non-hydrogen) atoms. The molecule has 0 N–H and O–H groups in total. The second kappa shape index (κ2) is 27.7. The highest BCUT2D eigenvalue weighted by Crippen LogP contribution is 1.99. The van der Waals surface area contributed by atoms with Gasteiger partial charge in [-0.1, -0.05) is 33.6 Å². The summed E-state index contributed by atoms with van der Waals surface area (Å²) >= 11 is 0. The normalized spacial score (nSPS) is 12.5. The Hall–Kier alpha value is -0.320. The van der Waals surface area contributed by atoms with E-state index in [1.807, 2.05) is 0 Å². The fourth-order valence-electron chi connectivity index (χ4n) is 2.19. The lowest BCUT2D eigenvalue weighted by Crippen LogP contribution is -2.15. The van der Waals surface area contributed by atoms with Gasteiger partial charge in [0, 0.05) is 13.2 Å². The average molecular weight is 453 g/mol. The third kappa shape index (κ3) is 27.6. The van der Waals surface area contributed by atoms with Crippen molar-refractivity contribution in [3.8, 4) is 0 Å². The highest BCUT2D eigenvalue weighted by Gasteiger charge is 1.98. The van der Waals surface area contributed by atoms with Gasteiger partial charge in [-0.25, -0.2) is 0 Å². The summed E-state index contributed by atoms with van der Waals surface area (Å²) in [4.78, 5) is 0. The third-order valence-corrected chi connectivity index (χ3v) is 4.35. The van der Waals surface area contributed by atoms with Crippen LogP contribution in [0.25, 0.3) is 0 Å². The van der Waals surface area contributed by atoms with Gasteiger partial charge in [-0.3, -0.25) is 0 Å². The zero-order valence-electron chi connectivity index (χ0n) is 20.3. The Kier molecular flexibility index (Phi) is 27.4. The van der Waals surface area contributed by atoms with Gasteiger partial charge >= 0.3 is 0 Å². The Morgan fingerprint density at radius 3 is 1.00 bits per heavy atom. The lowest BCUT2D eigenvalue weighted by Gasteiger charge is -2.10. The number of hydrogen-bond donors (Lipinski definition) is 0. The quantitative estimate of drug-likeness (QED) is 0.176. The molecular weight excluding hydrogens is 404 g/mol. The zero-order chi connectivity index (χ0) is 22.7. The SMILES string of the molecule is CCCCOCCOCCOCCOCCOCCOCCOCCOCC(C)CC. The van der Waals surface area contributed by atoms with Crippen LogP contribution in [-0.4, -0.2) is 106 Å². The molecule has 0 aromatic heterocycles. The first-order valence-corrected chi connectivity index (χ1v) is 11.9. The third-order valence-electron chi connectivity index (χ3n) is 4.35. The van der Waals surface area contributed by atoms with Gasteiger partial charge in [-0.2, -0.15) is 0 Å². The monoisotopic (exact) mass is 452 g/mol. The van der Waals surface area contributed by atoms with Crippen molar-refractivity contribution in [1.82, 2.24) is 0 Å². The Bertz CT molecular complexity index is 320. The minimum Gasteiger partial charge on any atom is -0.379 e. The molecule has 0 aliphatic rings. The molecule has 0 fully saturated rings. The van der Waals surface area contributed by atoms with Crippen LogP contribution in [0.15, 0.2) is 0 Å². The first-order valence-electron chi connectivity index (χ1n) is 11.9. The van der Waals surface area contributed by atoms with Gasteiger partial charge in [0.15, 0.2) is 0 Å². The van der Waals surface area contributed by atoms with Crippen LogP contribution in [0, 0.1) is 5.92 Å². The minimum absolute atomic E-state index is 0.550. The van der Waals surface area contributed by atoms with E-state index in [4.69, 9.17) is 37.9 Å². The van der Waals surface area contributed by atoms with Gasteiger partial charge in [0.05, 0.1) is 92.5 Å². The van der Waals surface area contributed by atoms with Gasteiger partial charge < -0.3 is 37.9 Å². The molecule has 1 unspecified atom stereocenters. The standard InChI is InChI=1S/C23H48O8/c1-4-6-7-24-8-9-25-10-11-26-12-13-27-14-15-28-16-17-29-18-19-30-20-21-31-22-23(3)5-2/h23H,4-22H2,1-3H3. The number of unbranched alkanes of at least 4 members (excludes halogenated alkanes) is 1. The summed E-state index contributed by atoms with van der Waals surface area (Å²) in [5.74, 6) is 0.609. The van der Waals surface area contributed by atoms with Crippen LogP contribution in [0.2, 0.25) is 0 Å². The van der Waals surface area contributed by atoms with Crippen molar-refractivity contribution >= 4 is 0 Å². The molecule has 0 saturated carbocycles. The first-order chi connectivity index (χ1) is 15.3. The van der Waals surface area contributed by atoms with E-state index in [1.54, 1.807) is 0 Å². The molecule has 1 atom stereocenters. The molecule has 188 valence electrons. The summed E-state index contributed by atoms with van der Waals surface area (Å²) in [5.41, 5.74) is 0. The van der Waals surface area contributed by atoms with Gasteiger partial charge in [0.25, 0.3) is 0 Å². The first kappa shape index (κ1) is 30.7. The molecule has 0 saturated heterocycles. The highest BCUT2D eigenvalue weighted by molar-refractivity contribution is 4.46. The van der Waals surface area contributed by atoms with Gasteiger partial charge in [-0.05, 0) is 12.3 Å². The maximum atomic E-state index is 5.52. The lowest BCUT2D eigenvalue weighted by molar-refractivity contribution is -0.0238. The number of hydrogen-bond acceptors (Lipinski definition) is 8. The summed E-state index contributed by atoms with van der Waals surface area (Å²) in [6.07, 6.45) is 3.40. The van der Waals surface area contributed by atoms with Crippen LogP contribution >= 0.6 is 0 Å². The zero-order valence-corrected chi connectivity index (χ0v) is 20.3. The summed E-state index contributed by atoms with van der Waals surface area (Å²) in [6.45, 7) is 16.2. The smallest absolute Gasteiger partial charge is 0.0701 e. The van der Waals surface area contributed by atoms with Gasteiger partial charge in [-0.15, -0.1) is 0 Å². The molecule has 0 aliphatic carbocycles. The lowest BCUT2D eigenvalue weighted by atomic mass is 10.1. The Morgan fingerprint density at radius 1 is 0.419 bits per heavy atom. The van der Waals surface area contributed by atoms with Crippen LogP contribution in [0.4, 0.5) is 0 Å². The van der Waals surface area contributed by atoms with Crippen molar-refractivity contribution in [2.75, 3.05) is 106 Å². The molecule has 8 nitrogen and oxygen atoms in total. The Labute approximate surface area is 190 Å². The van der Waals surface area contributed by atoms with Crippen LogP contribution < -0.4 is 0 Å². The van der Waals surface area contributed by atoms with Crippen molar-refractivity contribution in [2.24, 2.45) is 5.92 Å². The number of ether oxygens (including phenoxy) is 8. The van der Waals surface area contributed by atoms with E-state index >= 15 is 0 Å². The van der Waals surface area contributed by atoms with Crippen molar-refractivity contribution in [3.05, 3.63) is 0 Å². The molecule has 0 heterocycles. The molecule has 0 aromatic rings. The molecular formula is C23H48O8. The van der Waals surface area contributed by atoms with Crippen LogP contribution in [0.3, 0.4) is 0 Å². The molecule has 0 radical (unpaired) electrons. The predicted octanol–water partition coefficient (Wildman–Crippen LogP) is 2.97. The maximum Gasteiger partial charge on any atom is 0.0701 e. The van der Waals surface area contributed by atoms with E-state index in [9.17, 15) is 0 Å². The van der Waals surface area contributed by atoms with E-state index in [0.717, 1.165) is 32.5 Å². The summed E-state index contributed by atoms with van der Waals surface area (Å²) in [6, 6.07) is 0. The Balaban J connectivity index is 3.01. The van der Waals surface area contributed by atoms with E-state index in [2.05, 4.69) is 20.8 Å². The van der Waals surface area contributed by atoms with E-state index < -0.39 is 0 Å². The topological polar surface area (TPSA) is 73.8 Å². The molecule has 0 spiro atoms. The summed E-state index contributed by atoms with van der Waals surface area (Å²) in [5, 5.41) is 0. The van der Waals surface area contributed by atoms with Crippen molar-refractivity contribution < 1.29 is 37.9 Å². The summed E-state index contributed by atoms with van der Waals surface area (Å²) < 4.78 is 43.6. The fourth-order valence-corrected chi connectivity index (χ4v) is 2.19. The Morgan fingerprint density at radius 2 is 0.710 bits per heavy atom. The van der Waals surface area contributed by atoms with E-state index in [-0.39, 0.29) is 0 Å². The average Bonchev–Trinajstić information content (AvgIpc) is 2.78. The molecule has 0 aromatic carbocycles.